The van der Waals surface area contributed by atoms with Crippen LogP contribution in [0, 0.1) is 5.92 Å². The van der Waals surface area contributed by atoms with Gasteiger partial charge >= 0.3 is 0 Å². The van der Waals surface area contributed by atoms with E-state index in [2.05, 4.69) is 5.32 Å². The summed E-state index contributed by atoms with van der Waals surface area (Å²) < 4.78 is 11.3. The molecular weight excluding hydrogens is 770 g/mol. The molecule has 1 saturated carbocycles. The Morgan fingerprint density at radius 1 is 0.695 bits per heavy atom. The summed E-state index contributed by atoms with van der Waals surface area (Å²) in [6.45, 7) is 5.72. The van der Waals surface area contributed by atoms with Gasteiger partial charge in [0.2, 0.25) is 0 Å². The van der Waals surface area contributed by atoms with E-state index in [4.69, 9.17) is 9.47 Å². The lowest BCUT2D eigenvalue weighted by Gasteiger charge is -2.40. The van der Waals surface area contributed by atoms with Crippen LogP contribution in [0.1, 0.15) is 130 Å². The van der Waals surface area contributed by atoms with Gasteiger partial charge in [-0.3, -0.25) is 4.79 Å². The highest BCUT2D eigenvalue weighted by molar-refractivity contribution is 5.81. The van der Waals surface area contributed by atoms with Crippen molar-refractivity contribution < 1.29 is 75.5 Å². The Bertz CT molecular complexity index is 1170. The van der Waals surface area contributed by atoms with Crippen LogP contribution in [0.2, 0.25) is 0 Å². The van der Waals surface area contributed by atoms with Crippen LogP contribution >= 0.6 is 0 Å². The van der Waals surface area contributed by atoms with E-state index in [1.54, 1.807) is 19.9 Å². The molecule has 1 aliphatic heterocycles. The van der Waals surface area contributed by atoms with E-state index in [-0.39, 0.29) is 63.6 Å². The molecular formula is C43H79NO15. The molecule has 0 bridgehead atoms. The Morgan fingerprint density at radius 3 is 1.76 bits per heavy atom. The molecule has 13 N–H and O–H groups in total. The Labute approximate surface area is 350 Å². The Kier molecular flexibility index (Phi) is 26.4. The van der Waals surface area contributed by atoms with Crippen LogP contribution in [0.3, 0.4) is 0 Å². The standard InChI is InChI=1S/C43H79NO15/c1-4-39(59-43-42(57)41(56)40(55)27(3)58-43)26(2)38(54)25-37(53)24-36(52)22-32(48)16-9-15-31(47)21-35(51)23-34(50)20-30(46)14-8-13-29(45)19-33(49)17-10-18-44-28-11-6-5-7-12-28/h8-9,14,16,26-37,39-53,55-57H,4-7,10-13,15,17-25H2,1-3H3. The lowest BCUT2D eigenvalue weighted by Crippen LogP contribution is -2.58. The maximum Gasteiger partial charge on any atom is 0.186 e. The average Bonchev–Trinajstić information content (AvgIpc) is 3.16. The first-order valence-corrected chi connectivity index (χ1v) is 22.0. The summed E-state index contributed by atoms with van der Waals surface area (Å²) in [7, 11) is 0. The molecule has 0 radical (unpaired) electrons. The fourth-order valence-electron chi connectivity index (χ4n) is 7.88. The fraction of sp³-hybridized carbons (Fsp3) is 0.884. The summed E-state index contributed by atoms with van der Waals surface area (Å²) in [4.78, 5) is 12.9. The van der Waals surface area contributed by atoms with Gasteiger partial charge in [0.15, 0.2) is 6.29 Å². The van der Waals surface area contributed by atoms with Gasteiger partial charge in [-0.1, -0.05) is 57.4 Å². The van der Waals surface area contributed by atoms with Crippen LogP contribution in [0.15, 0.2) is 24.3 Å². The molecule has 0 aromatic heterocycles. The molecule has 59 heavy (non-hydrogen) atoms. The molecule has 1 heterocycles. The van der Waals surface area contributed by atoms with Crippen molar-refractivity contribution in [3.8, 4) is 0 Å². The average molecular weight is 850 g/mol. The van der Waals surface area contributed by atoms with Crippen molar-refractivity contribution in [2.24, 2.45) is 5.92 Å². The van der Waals surface area contributed by atoms with Crippen molar-refractivity contribution in [3.05, 3.63) is 24.3 Å². The third-order valence-electron chi connectivity index (χ3n) is 11.5. The zero-order chi connectivity index (χ0) is 44.1. The van der Waals surface area contributed by atoms with E-state index in [1.165, 1.54) is 57.3 Å². The van der Waals surface area contributed by atoms with E-state index < -0.39 is 97.7 Å². The Balaban J connectivity index is 1.60. The second-order valence-corrected chi connectivity index (χ2v) is 17.1. The minimum atomic E-state index is -1.53. The third-order valence-corrected chi connectivity index (χ3v) is 11.5. The first-order valence-electron chi connectivity index (χ1n) is 22.0. The molecule has 1 aliphatic carbocycles. The normalized spacial score (nSPS) is 27.8. The number of aliphatic hydroxyl groups is 12. The Hall–Kier alpha value is -1.45. The summed E-state index contributed by atoms with van der Waals surface area (Å²) in [6.07, 6.45) is -2.51. The molecule has 16 heteroatoms. The molecule has 0 spiro atoms. The largest absolute Gasteiger partial charge is 0.393 e. The van der Waals surface area contributed by atoms with Gasteiger partial charge in [0, 0.05) is 31.2 Å². The van der Waals surface area contributed by atoms with Crippen LogP contribution in [0.25, 0.3) is 0 Å². The molecule has 16 atom stereocenters. The highest BCUT2D eigenvalue weighted by Crippen LogP contribution is 2.27. The molecule has 0 amide bonds. The number of carbonyl (C=O) groups excluding carboxylic acids is 1. The number of hydrogen-bond donors (Lipinski definition) is 13. The molecule has 346 valence electrons. The number of Topliss-reactive ketones (excluding diaryl/α,β-unsaturated/α-hetero) is 1. The number of carbonyl (C=O) groups is 1. The van der Waals surface area contributed by atoms with Gasteiger partial charge in [-0.2, -0.15) is 0 Å². The second kappa shape index (κ2) is 29.0. The molecule has 0 aromatic carbocycles. The van der Waals surface area contributed by atoms with Crippen LogP contribution < -0.4 is 5.32 Å². The van der Waals surface area contributed by atoms with E-state index in [1.807, 2.05) is 0 Å². The van der Waals surface area contributed by atoms with Gasteiger partial charge < -0.3 is 76.1 Å². The van der Waals surface area contributed by atoms with Gasteiger partial charge in [0.25, 0.3) is 0 Å². The maximum atomic E-state index is 12.9. The second-order valence-electron chi connectivity index (χ2n) is 17.1. The van der Waals surface area contributed by atoms with Crippen LogP contribution in [-0.4, -0.2) is 171 Å². The van der Waals surface area contributed by atoms with Crippen molar-refractivity contribution in [2.45, 2.75) is 228 Å². The number of ether oxygens (including phenoxy) is 2. The van der Waals surface area contributed by atoms with Crippen molar-refractivity contribution in [3.63, 3.8) is 0 Å². The molecule has 1 saturated heterocycles. The quantitative estimate of drug-likeness (QED) is 0.0344. The van der Waals surface area contributed by atoms with E-state index >= 15 is 0 Å². The molecule has 2 fully saturated rings. The van der Waals surface area contributed by atoms with Crippen molar-refractivity contribution in [2.75, 3.05) is 6.54 Å². The molecule has 0 aromatic rings. The first-order chi connectivity index (χ1) is 27.9. The molecule has 2 aliphatic rings. The topological polar surface area (TPSA) is 290 Å². The lowest BCUT2D eigenvalue weighted by molar-refractivity contribution is -0.306. The number of hydrogen-bond acceptors (Lipinski definition) is 16. The first kappa shape index (κ1) is 53.7. The van der Waals surface area contributed by atoms with Crippen molar-refractivity contribution >= 4 is 5.78 Å². The van der Waals surface area contributed by atoms with Gasteiger partial charge in [0.05, 0.1) is 67.1 Å². The number of rotatable bonds is 30. The minimum absolute atomic E-state index is 0.0567. The molecule has 2 rings (SSSR count). The Morgan fingerprint density at radius 2 is 1.20 bits per heavy atom. The predicted octanol–water partition coefficient (Wildman–Crippen LogP) is 0.388. The monoisotopic (exact) mass is 850 g/mol. The third kappa shape index (κ3) is 22.0. The highest BCUT2D eigenvalue weighted by atomic mass is 16.7. The number of nitrogens with one attached hydrogen (secondary N) is 1. The highest BCUT2D eigenvalue weighted by Gasteiger charge is 2.44. The molecule has 16 unspecified atom stereocenters. The fourth-order valence-corrected chi connectivity index (χ4v) is 7.88. The maximum absolute atomic E-state index is 12.9. The van der Waals surface area contributed by atoms with Gasteiger partial charge in [-0.05, 0) is 84.1 Å². The summed E-state index contributed by atoms with van der Waals surface area (Å²) in [6, 6.07) is 0.573. The SMILES string of the molecule is CCC(OC1OC(C)C(O)C(O)C1O)C(C)C(=O)CC(O)CC(O)CC(O)C=CCC(O)CC(O)CC(O)CC(O)C=CCC(O)CC(O)CCCNC1CCCCC1. The summed E-state index contributed by atoms with van der Waals surface area (Å²) in [5, 5.41) is 127. The predicted molar refractivity (Wildman–Crippen MR) is 220 cm³/mol. The zero-order valence-electron chi connectivity index (χ0n) is 35.4. The van der Waals surface area contributed by atoms with Crippen molar-refractivity contribution in [1.29, 1.82) is 0 Å². The van der Waals surface area contributed by atoms with Crippen LogP contribution in [0.4, 0.5) is 0 Å². The molecule has 16 nitrogen and oxygen atoms in total. The van der Waals surface area contributed by atoms with Gasteiger partial charge in [-0.15, -0.1) is 0 Å². The summed E-state index contributed by atoms with van der Waals surface area (Å²) >= 11 is 0. The van der Waals surface area contributed by atoms with Gasteiger partial charge in [-0.25, -0.2) is 0 Å². The minimum Gasteiger partial charge on any atom is -0.393 e. The van der Waals surface area contributed by atoms with E-state index in [0.29, 0.717) is 18.9 Å². The zero-order valence-corrected chi connectivity index (χ0v) is 35.4. The van der Waals surface area contributed by atoms with Crippen LogP contribution in [0.5, 0.6) is 0 Å². The van der Waals surface area contributed by atoms with Crippen molar-refractivity contribution in [1.82, 2.24) is 5.32 Å². The smallest absolute Gasteiger partial charge is 0.186 e. The van der Waals surface area contributed by atoms with Gasteiger partial charge in [0.1, 0.15) is 24.1 Å². The van der Waals surface area contributed by atoms with E-state index in [0.717, 1.165) is 13.0 Å². The van der Waals surface area contributed by atoms with E-state index in [9.17, 15) is 66.1 Å². The summed E-state index contributed by atoms with van der Waals surface area (Å²) in [5.74, 6) is -1.10. The number of aliphatic hydroxyl groups excluding tert-OH is 12. The summed E-state index contributed by atoms with van der Waals surface area (Å²) in [5.41, 5.74) is 0. The number of ketones is 1. The lowest BCUT2D eigenvalue weighted by atomic mass is 9.91. The van der Waals surface area contributed by atoms with Crippen LogP contribution in [-0.2, 0) is 14.3 Å².